The molecule has 1 aromatic heterocycles. The third-order valence-corrected chi connectivity index (χ3v) is 4.42. The van der Waals surface area contributed by atoms with Gasteiger partial charge in [-0.3, -0.25) is 9.69 Å². The highest BCUT2D eigenvalue weighted by Gasteiger charge is 2.16. The molecule has 3 rings (SSSR count). The molecule has 1 saturated heterocycles. The molecule has 23 heavy (non-hydrogen) atoms. The van der Waals surface area contributed by atoms with Crippen molar-refractivity contribution in [3.05, 3.63) is 35.5 Å². The Balaban J connectivity index is 1.58. The number of amides is 1. The molecule has 0 bridgehead atoms. The summed E-state index contributed by atoms with van der Waals surface area (Å²) in [6.45, 7) is 8.37. The first kappa shape index (κ1) is 16.0. The Bertz CT molecular complexity index is 680. The zero-order chi connectivity index (χ0) is 16.2. The van der Waals surface area contributed by atoms with Crippen molar-refractivity contribution in [2.75, 3.05) is 32.8 Å². The number of aryl methyl sites for hydroxylation is 1. The van der Waals surface area contributed by atoms with Crippen LogP contribution in [0.25, 0.3) is 10.9 Å². The third-order valence-electron chi connectivity index (χ3n) is 4.42. The average Bonchev–Trinajstić information content (AvgIpc) is 2.99. The molecule has 1 aromatic carbocycles. The van der Waals surface area contributed by atoms with E-state index in [1.54, 1.807) is 0 Å². The minimum absolute atomic E-state index is 0.0374. The van der Waals surface area contributed by atoms with Crippen molar-refractivity contribution >= 4 is 16.8 Å². The highest BCUT2D eigenvalue weighted by Crippen LogP contribution is 2.20. The van der Waals surface area contributed by atoms with Crippen LogP contribution in [0.1, 0.15) is 29.9 Å². The number of fused-ring (bicyclic) bond motifs is 1. The Morgan fingerprint density at radius 2 is 2.35 bits per heavy atom. The summed E-state index contributed by atoms with van der Waals surface area (Å²) >= 11 is 0. The number of morpholine rings is 1. The zero-order valence-electron chi connectivity index (χ0n) is 13.9. The van der Waals surface area contributed by atoms with Crippen molar-refractivity contribution in [3.63, 3.8) is 0 Å². The van der Waals surface area contributed by atoms with Crippen LogP contribution in [0.5, 0.6) is 0 Å². The Kier molecular flexibility index (Phi) is 4.98. The highest BCUT2D eigenvalue weighted by atomic mass is 16.5. The third kappa shape index (κ3) is 3.74. The minimum atomic E-state index is -0.0374. The molecule has 1 aliphatic heterocycles. The van der Waals surface area contributed by atoms with Gasteiger partial charge in [-0.15, -0.1) is 0 Å². The smallest absolute Gasteiger partial charge is 0.267 e. The van der Waals surface area contributed by atoms with Gasteiger partial charge in [-0.05, 0) is 31.0 Å². The van der Waals surface area contributed by atoms with E-state index >= 15 is 0 Å². The molecule has 1 atom stereocenters. The molecule has 1 amide bonds. The molecular weight excluding hydrogens is 290 g/mol. The largest absolute Gasteiger partial charge is 0.376 e. The number of H-pyrrole nitrogens is 1. The van der Waals surface area contributed by atoms with Crippen LogP contribution in [0.2, 0.25) is 0 Å². The molecule has 0 spiro atoms. The summed E-state index contributed by atoms with van der Waals surface area (Å²) in [6, 6.07) is 8.11. The van der Waals surface area contributed by atoms with E-state index in [4.69, 9.17) is 4.74 Å². The van der Waals surface area contributed by atoms with Crippen LogP contribution in [0.15, 0.2) is 24.3 Å². The van der Waals surface area contributed by atoms with Crippen LogP contribution < -0.4 is 5.32 Å². The van der Waals surface area contributed by atoms with Crippen LogP contribution in [-0.4, -0.2) is 54.7 Å². The number of aromatic nitrogens is 1. The summed E-state index contributed by atoms with van der Waals surface area (Å²) in [5, 5.41) is 4.15. The van der Waals surface area contributed by atoms with E-state index in [1.165, 1.54) is 5.56 Å². The Morgan fingerprint density at radius 3 is 3.13 bits per heavy atom. The van der Waals surface area contributed by atoms with E-state index in [9.17, 15) is 4.79 Å². The maximum atomic E-state index is 12.3. The Labute approximate surface area is 137 Å². The van der Waals surface area contributed by atoms with Crippen molar-refractivity contribution in [3.8, 4) is 0 Å². The molecule has 124 valence electrons. The van der Waals surface area contributed by atoms with Crippen LogP contribution in [-0.2, 0) is 11.2 Å². The van der Waals surface area contributed by atoms with Gasteiger partial charge < -0.3 is 15.0 Å². The molecule has 5 heteroatoms. The van der Waals surface area contributed by atoms with Gasteiger partial charge in [-0.25, -0.2) is 0 Å². The Morgan fingerprint density at radius 1 is 1.48 bits per heavy atom. The minimum Gasteiger partial charge on any atom is -0.376 e. The topological polar surface area (TPSA) is 57.4 Å². The highest BCUT2D eigenvalue weighted by molar-refractivity contribution is 5.98. The number of benzene rings is 1. The van der Waals surface area contributed by atoms with E-state index in [0.29, 0.717) is 12.2 Å². The number of carbonyl (C=O) groups is 1. The lowest BCUT2D eigenvalue weighted by molar-refractivity contribution is -0.0175. The number of aromatic amines is 1. The summed E-state index contributed by atoms with van der Waals surface area (Å²) in [5.41, 5.74) is 2.92. The molecule has 2 heterocycles. The molecule has 0 radical (unpaired) electrons. The van der Waals surface area contributed by atoms with E-state index in [2.05, 4.69) is 35.1 Å². The number of ether oxygens (including phenoxy) is 1. The van der Waals surface area contributed by atoms with Gasteiger partial charge in [0.1, 0.15) is 5.69 Å². The zero-order valence-corrected chi connectivity index (χ0v) is 13.9. The Hall–Kier alpha value is -1.85. The van der Waals surface area contributed by atoms with E-state index < -0.39 is 0 Å². The molecule has 5 nitrogen and oxygen atoms in total. The summed E-state index contributed by atoms with van der Waals surface area (Å²) in [6.07, 6.45) is 1.24. The van der Waals surface area contributed by atoms with Crippen molar-refractivity contribution in [2.24, 2.45) is 0 Å². The molecule has 0 aliphatic carbocycles. The molecule has 2 aromatic rings. The maximum Gasteiger partial charge on any atom is 0.267 e. The SMILES string of the molecule is CCc1cccc2[nH]c(C(=O)NCCN3CCOC(C)C3)cc12. The second-order valence-electron chi connectivity index (χ2n) is 6.15. The normalized spacial score (nSPS) is 19.1. The van der Waals surface area contributed by atoms with Gasteiger partial charge in [0, 0.05) is 37.1 Å². The van der Waals surface area contributed by atoms with Gasteiger partial charge in [-0.2, -0.15) is 0 Å². The predicted octanol–water partition coefficient (Wildman–Crippen LogP) is 2.18. The summed E-state index contributed by atoms with van der Waals surface area (Å²) in [5.74, 6) is -0.0374. The van der Waals surface area contributed by atoms with Crippen molar-refractivity contribution in [2.45, 2.75) is 26.4 Å². The molecule has 0 saturated carbocycles. The average molecular weight is 315 g/mol. The van der Waals surface area contributed by atoms with Gasteiger partial charge >= 0.3 is 0 Å². The first-order chi connectivity index (χ1) is 11.2. The summed E-state index contributed by atoms with van der Waals surface area (Å²) in [7, 11) is 0. The molecular formula is C18H25N3O2. The van der Waals surface area contributed by atoms with Gasteiger partial charge in [0.15, 0.2) is 0 Å². The number of nitrogens with one attached hydrogen (secondary N) is 2. The molecule has 1 unspecified atom stereocenters. The van der Waals surface area contributed by atoms with Crippen LogP contribution >= 0.6 is 0 Å². The second kappa shape index (κ2) is 7.15. The van der Waals surface area contributed by atoms with Gasteiger partial charge in [-0.1, -0.05) is 19.1 Å². The first-order valence-corrected chi connectivity index (χ1v) is 8.40. The first-order valence-electron chi connectivity index (χ1n) is 8.40. The van der Waals surface area contributed by atoms with Crippen LogP contribution in [0, 0.1) is 0 Å². The van der Waals surface area contributed by atoms with Gasteiger partial charge in [0.05, 0.1) is 12.7 Å². The van der Waals surface area contributed by atoms with E-state index in [1.807, 2.05) is 18.2 Å². The number of nitrogens with zero attached hydrogens (tertiary/aromatic N) is 1. The van der Waals surface area contributed by atoms with Crippen LogP contribution in [0.4, 0.5) is 0 Å². The number of hydrogen-bond acceptors (Lipinski definition) is 3. The van der Waals surface area contributed by atoms with Gasteiger partial charge in [0.2, 0.25) is 0 Å². The number of carbonyl (C=O) groups excluding carboxylic acids is 1. The monoisotopic (exact) mass is 315 g/mol. The maximum absolute atomic E-state index is 12.3. The number of hydrogen-bond donors (Lipinski definition) is 2. The van der Waals surface area contributed by atoms with Gasteiger partial charge in [0.25, 0.3) is 5.91 Å². The lowest BCUT2D eigenvalue weighted by Gasteiger charge is -2.30. The molecule has 2 N–H and O–H groups in total. The quantitative estimate of drug-likeness (QED) is 0.889. The summed E-state index contributed by atoms with van der Waals surface area (Å²) < 4.78 is 5.53. The molecule has 1 aliphatic rings. The number of rotatable bonds is 5. The standard InChI is InChI=1S/C18H25N3O2/c1-3-14-5-4-6-16-15(14)11-17(20-16)18(22)19-7-8-21-9-10-23-13(2)12-21/h4-6,11,13,20H,3,7-10,12H2,1-2H3,(H,19,22). The van der Waals surface area contributed by atoms with E-state index in [-0.39, 0.29) is 12.0 Å². The molecule has 1 fully saturated rings. The van der Waals surface area contributed by atoms with Crippen molar-refractivity contribution < 1.29 is 9.53 Å². The fraction of sp³-hybridized carbons (Fsp3) is 0.500. The van der Waals surface area contributed by atoms with Crippen molar-refractivity contribution in [1.29, 1.82) is 0 Å². The van der Waals surface area contributed by atoms with Crippen molar-refractivity contribution in [1.82, 2.24) is 15.2 Å². The fourth-order valence-corrected chi connectivity index (χ4v) is 3.17. The van der Waals surface area contributed by atoms with E-state index in [0.717, 1.165) is 43.6 Å². The lowest BCUT2D eigenvalue weighted by atomic mass is 10.1. The fourth-order valence-electron chi connectivity index (χ4n) is 3.17. The summed E-state index contributed by atoms with van der Waals surface area (Å²) in [4.78, 5) is 17.9. The predicted molar refractivity (Wildman–Crippen MR) is 91.9 cm³/mol. The lowest BCUT2D eigenvalue weighted by Crippen LogP contribution is -2.44. The van der Waals surface area contributed by atoms with Crippen LogP contribution in [0.3, 0.4) is 0 Å². The second-order valence-corrected chi connectivity index (χ2v) is 6.15.